The Morgan fingerprint density at radius 3 is 1.34 bits per heavy atom. The van der Waals surface area contributed by atoms with E-state index in [4.69, 9.17) is 12.3 Å². The summed E-state index contributed by atoms with van der Waals surface area (Å²) in [5, 5.41) is 4.55. The minimum Gasteiger partial charge on any atom is -0.309 e. The van der Waals surface area contributed by atoms with E-state index in [1.807, 2.05) is 60.7 Å². The van der Waals surface area contributed by atoms with Gasteiger partial charge in [0.1, 0.15) is 0 Å². The zero-order valence-corrected chi connectivity index (χ0v) is 25.9. The van der Waals surface area contributed by atoms with Crippen LogP contribution < -0.4 is 0 Å². The molecule has 0 saturated heterocycles. The highest BCUT2D eigenvalue weighted by molar-refractivity contribution is 6.25. The van der Waals surface area contributed by atoms with Gasteiger partial charge in [0.2, 0.25) is 0 Å². The SMILES string of the molecule is [2H]c1cc([2H])c(-n2c3c([2H])c([2H])c([2H])c([2H])c3c3c([2H])c(-c4c([2H])c([2H])c5c(c4[2H])c4c([2H])c([2H])c([2H])c([2H])c4n5-c4ccc5c6ccccc6c6ccccc6c5c4)c([2H])c([2H])c32)c([2H])c1. The summed E-state index contributed by atoms with van der Waals surface area (Å²) in [5.41, 5.74) is -1.82. The third-order valence-corrected chi connectivity index (χ3v) is 9.36. The van der Waals surface area contributed by atoms with Crippen molar-refractivity contribution in [1.82, 2.24) is 9.13 Å². The average Bonchev–Trinajstić information content (AvgIpc) is 3.86. The van der Waals surface area contributed by atoms with Crippen LogP contribution in [0.1, 0.15) is 23.3 Å². The molecule has 2 heteroatoms. The van der Waals surface area contributed by atoms with Crippen molar-refractivity contribution in [1.29, 1.82) is 0 Å². The molecule has 0 N–H and O–H groups in total. The first kappa shape index (κ1) is 15.7. The molecule has 0 unspecified atom stereocenters. The van der Waals surface area contributed by atoms with Gasteiger partial charge >= 0.3 is 0 Å². The predicted molar refractivity (Wildman–Crippen MR) is 213 cm³/mol. The summed E-state index contributed by atoms with van der Waals surface area (Å²) in [5.74, 6) is 0. The third-order valence-electron chi connectivity index (χ3n) is 9.36. The van der Waals surface area contributed by atoms with Crippen LogP contribution in [0.3, 0.4) is 0 Å². The Labute approximate surface area is 312 Å². The molecule has 11 rings (SSSR count). The first-order valence-electron chi connectivity index (χ1n) is 24.4. The number of hydrogen-bond donors (Lipinski definition) is 0. The summed E-state index contributed by atoms with van der Waals surface area (Å²) in [6.45, 7) is 0. The van der Waals surface area contributed by atoms with Gasteiger partial charge in [-0.2, -0.15) is 0 Å². The Morgan fingerprint density at radius 1 is 0.320 bits per heavy atom. The molecule has 0 aliphatic rings. The molecular formula is C48H30N2. The Kier molecular flexibility index (Phi) is 3.28. The van der Waals surface area contributed by atoms with Crippen molar-refractivity contribution in [2.45, 2.75) is 0 Å². The van der Waals surface area contributed by atoms with E-state index in [-0.39, 0.29) is 55.3 Å². The lowest BCUT2D eigenvalue weighted by molar-refractivity contribution is 1.18. The number of fused-ring (bicyclic) bond motifs is 12. The van der Waals surface area contributed by atoms with Crippen LogP contribution in [-0.4, -0.2) is 9.13 Å². The zero-order valence-electron chi connectivity index (χ0n) is 42.9. The molecule has 2 nitrogen and oxygen atoms in total. The van der Waals surface area contributed by atoms with Crippen molar-refractivity contribution < 1.29 is 23.3 Å². The summed E-state index contributed by atoms with van der Waals surface area (Å²) in [7, 11) is 0. The molecule has 232 valence electrons. The monoisotopic (exact) mass is 651 g/mol. The Balaban J connectivity index is 1.30. The summed E-state index contributed by atoms with van der Waals surface area (Å²) in [6, 6.07) is 13.5. The van der Waals surface area contributed by atoms with E-state index in [1.165, 1.54) is 4.57 Å². The standard InChI is InChI=1S/C48H30N2/c1-2-12-33(13-3-1)49-45-20-10-8-18-40(45)43-28-31(22-26-47(43)49)32-23-27-48-44(29-32)41-19-9-11-21-46(41)50(48)34-24-25-39-37-16-5-4-14-35(37)36-15-6-7-17-38(36)42(39)30-34/h1-30H/i1D,8D,9D,10D,11D,12D,13D,18D,19D,20D,21D,22D,23D,26D,27D,28D,29D. The van der Waals surface area contributed by atoms with Crippen molar-refractivity contribution in [2.75, 3.05) is 0 Å². The fourth-order valence-corrected chi connectivity index (χ4v) is 7.23. The molecule has 0 bridgehead atoms. The van der Waals surface area contributed by atoms with Gasteiger partial charge < -0.3 is 9.13 Å². The second-order valence-electron chi connectivity index (χ2n) is 12.0. The first-order valence-corrected chi connectivity index (χ1v) is 15.9. The van der Waals surface area contributed by atoms with E-state index in [9.17, 15) is 11.0 Å². The van der Waals surface area contributed by atoms with E-state index in [1.54, 1.807) is 6.07 Å². The van der Waals surface area contributed by atoms with Crippen molar-refractivity contribution >= 4 is 75.9 Å². The fourth-order valence-electron chi connectivity index (χ4n) is 7.23. The topological polar surface area (TPSA) is 9.86 Å². The Hall–Kier alpha value is -6.64. The molecule has 0 aliphatic carbocycles. The second kappa shape index (κ2) is 10.4. The van der Waals surface area contributed by atoms with Crippen molar-refractivity contribution in [3.8, 4) is 22.5 Å². The quantitative estimate of drug-likeness (QED) is 0.168. The number of nitrogens with zero attached hydrogens (tertiary/aromatic N) is 2. The molecule has 50 heavy (non-hydrogen) atoms. The molecule has 0 atom stereocenters. The average molecular weight is 652 g/mol. The summed E-state index contributed by atoms with van der Waals surface area (Å²) in [4.78, 5) is 0. The molecular weight excluding hydrogens is 605 g/mol. The van der Waals surface area contributed by atoms with Gasteiger partial charge in [0.25, 0.3) is 0 Å². The number of benzene rings is 9. The normalized spacial score (nSPS) is 16.8. The van der Waals surface area contributed by atoms with Gasteiger partial charge in [-0.05, 0) is 104 Å². The summed E-state index contributed by atoms with van der Waals surface area (Å²) >= 11 is 0. The lowest BCUT2D eigenvalue weighted by atomic mass is 9.94. The highest BCUT2D eigenvalue weighted by Gasteiger charge is 2.17. The predicted octanol–water partition coefficient (Wildman–Crippen LogP) is 13.0. The van der Waals surface area contributed by atoms with E-state index in [0.29, 0.717) is 5.69 Å². The van der Waals surface area contributed by atoms with Gasteiger partial charge in [0.05, 0.1) is 45.4 Å². The maximum atomic E-state index is 9.89. The van der Waals surface area contributed by atoms with Gasteiger partial charge in [0, 0.05) is 32.9 Å². The van der Waals surface area contributed by atoms with E-state index < -0.39 is 108 Å². The molecule has 2 aromatic heterocycles. The Morgan fingerprint density at radius 2 is 0.780 bits per heavy atom. The summed E-state index contributed by atoms with van der Waals surface area (Å²) < 4.78 is 157. The number of rotatable bonds is 3. The largest absolute Gasteiger partial charge is 0.309 e. The van der Waals surface area contributed by atoms with Crippen LogP contribution >= 0.6 is 0 Å². The van der Waals surface area contributed by atoms with Gasteiger partial charge in [-0.1, -0.05) is 121 Å². The molecule has 0 amide bonds. The van der Waals surface area contributed by atoms with Gasteiger partial charge in [-0.3, -0.25) is 0 Å². The van der Waals surface area contributed by atoms with Gasteiger partial charge in [-0.15, -0.1) is 0 Å². The Bertz CT molecular complexity index is 4080. The van der Waals surface area contributed by atoms with Crippen LogP contribution in [0.15, 0.2) is 182 Å². The molecule has 0 fully saturated rings. The molecule has 0 radical (unpaired) electrons. The number of hydrogen-bond acceptors (Lipinski definition) is 0. The highest BCUT2D eigenvalue weighted by Crippen LogP contribution is 2.40. The number of para-hydroxylation sites is 3. The molecule has 0 aliphatic heterocycles. The molecule has 11 aromatic rings. The zero-order chi connectivity index (χ0) is 47.6. The third kappa shape index (κ3) is 3.85. The lowest BCUT2D eigenvalue weighted by Crippen LogP contribution is -1.94. The van der Waals surface area contributed by atoms with Crippen LogP contribution in [0.5, 0.6) is 0 Å². The highest BCUT2D eigenvalue weighted by atomic mass is 15.0. The van der Waals surface area contributed by atoms with E-state index in [0.717, 1.165) is 49.0 Å². The van der Waals surface area contributed by atoms with Crippen molar-refractivity contribution in [2.24, 2.45) is 0 Å². The maximum Gasteiger partial charge on any atom is 0.0645 e. The molecule has 2 heterocycles. The van der Waals surface area contributed by atoms with Gasteiger partial charge in [-0.25, -0.2) is 0 Å². The first-order chi connectivity index (χ1) is 31.9. The van der Waals surface area contributed by atoms with Crippen molar-refractivity contribution in [3.05, 3.63) is 182 Å². The van der Waals surface area contributed by atoms with Crippen LogP contribution in [0.4, 0.5) is 0 Å². The van der Waals surface area contributed by atoms with E-state index in [2.05, 4.69) is 0 Å². The van der Waals surface area contributed by atoms with Crippen LogP contribution in [0.2, 0.25) is 0 Å². The second-order valence-corrected chi connectivity index (χ2v) is 12.0. The van der Waals surface area contributed by atoms with Crippen LogP contribution in [0.25, 0.3) is 98.4 Å². The number of aromatic nitrogens is 2. The molecule has 0 saturated carbocycles. The van der Waals surface area contributed by atoms with Crippen LogP contribution in [-0.2, 0) is 0 Å². The molecule has 0 spiro atoms. The minimum absolute atomic E-state index is 0.0898. The summed E-state index contributed by atoms with van der Waals surface area (Å²) in [6.07, 6.45) is 0. The fraction of sp³-hybridized carbons (Fsp3) is 0. The van der Waals surface area contributed by atoms with Crippen molar-refractivity contribution in [3.63, 3.8) is 0 Å². The van der Waals surface area contributed by atoms with E-state index >= 15 is 0 Å². The minimum atomic E-state index is -0.757. The van der Waals surface area contributed by atoms with Crippen LogP contribution in [0, 0.1) is 0 Å². The smallest absolute Gasteiger partial charge is 0.0645 e. The molecule has 9 aromatic carbocycles. The van der Waals surface area contributed by atoms with Gasteiger partial charge in [0.15, 0.2) is 0 Å². The lowest BCUT2D eigenvalue weighted by Gasteiger charge is -2.14. The maximum absolute atomic E-state index is 9.89.